The number of nitrogens with one attached hydrogen (secondary N) is 1. The summed E-state index contributed by atoms with van der Waals surface area (Å²) in [5.41, 5.74) is 0. The quantitative estimate of drug-likeness (QED) is 0.868. The molecular formula is C16H21FN2O3. The molecule has 1 aliphatic rings. The van der Waals surface area contributed by atoms with E-state index in [0.29, 0.717) is 13.0 Å². The third-order valence-electron chi connectivity index (χ3n) is 3.80. The van der Waals surface area contributed by atoms with Gasteiger partial charge in [-0.15, -0.1) is 0 Å². The first-order valence-electron chi connectivity index (χ1n) is 7.44. The first kappa shape index (κ1) is 16.3. The van der Waals surface area contributed by atoms with Gasteiger partial charge in [-0.05, 0) is 18.6 Å². The molecule has 120 valence electrons. The summed E-state index contributed by atoms with van der Waals surface area (Å²) in [5, 5.41) is 2.79. The lowest BCUT2D eigenvalue weighted by molar-refractivity contribution is -0.128. The molecule has 0 aromatic heterocycles. The summed E-state index contributed by atoms with van der Waals surface area (Å²) in [4.78, 5) is 25.1. The smallest absolute Gasteiger partial charge is 0.225 e. The van der Waals surface area contributed by atoms with Crippen molar-refractivity contribution < 1.29 is 18.7 Å². The minimum atomic E-state index is -0.421. The number of benzene rings is 1. The molecule has 0 bridgehead atoms. The normalized spacial score (nSPS) is 19.1. The van der Waals surface area contributed by atoms with Gasteiger partial charge in [0.2, 0.25) is 11.8 Å². The molecule has 5 nitrogen and oxygen atoms in total. The van der Waals surface area contributed by atoms with E-state index >= 15 is 0 Å². The Hall–Kier alpha value is -2.11. The Morgan fingerprint density at radius 3 is 2.82 bits per heavy atom. The highest BCUT2D eigenvalue weighted by atomic mass is 19.1. The molecule has 0 spiro atoms. The van der Waals surface area contributed by atoms with Crippen LogP contribution in [0.3, 0.4) is 0 Å². The topological polar surface area (TPSA) is 58.6 Å². The molecule has 1 saturated heterocycles. The second-order valence-electron chi connectivity index (χ2n) is 5.50. The van der Waals surface area contributed by atoms with Crippen LogP contribution in [0, 0.1) is 11.7 Å². The van der Waals surface area contributed by atoms with Gasteiger partial charge in [0, 0.05) is 20.0 Å². The zero-order valence-corrected chi connectivity index (χ0v) is 12.8. The van der Waals surface area contributed by atoms with Crippen molar-refractivity contribution in [1.82, 2.24) is 10.2 Å². The van der Waals surface area contributed by atoms with Crippen LogP contribution in [-0.4, -0.2) is 43.0 Å². The maximum Gasteiger partial charge on any atom is 0.225 e. The lowest BCUT2D eigenvalue weighted by Gasteiger charge is -2.19. The fourth-order valence-electron chi connectivity index (χ4n) is 2.39. The average Bonchev–Trinajstić information content (AvgIpc) is 2.84. The standard InChI is InChI=1S/C16H21FN2O3/c1-3-12(22-14-7-5-4-6-13(14)17)9-18-16(21)11-8-15(20)19(2)10-11/h4-7,11-12H,3,8-10H2,1-2H3,(H,18,21). The molecule has 0 radical (unpaired) electrons. The van der Waals surface area contributed by atoms with Crippen molar-refractivity contribution in [3.05, 3.63) is 30.1 Å². The number of para-hydroxylation sites is 1. The summed E-state index contributed by atoms with van der Waals surface area (Å²) < 4.78 is 19.1. The van der Waals surface area contributed by atoms with Crippen LogP contribution in [0.1, 0.15) is 19.8 Å². The SMILES string of the molecule is CCC(CNC(=O)C1CC(=O)N(C)C1)Oc1ccccc1F. The number of ether oxygens (including phenoxy) is 1. The van der Waals surface area contributed by atoms with Crippen LogP contribution >= 0.6 is 0 Å². The van der Waals surface area contributed by atoms with Crippen LogP contribution in [0.25, 0.3) is 0 Å². The molecule has 1 fully saturated rings. The Kier molecular flexibility index (Phi) is 5.35. The zero-order chi connectivity index (χ0) is 16.1. The second kappa shape index (κ2) is 7.24. The molecule has 1 aromatic rings. The minimum Gasteiger partial charge on any atom is -0.486 e. The average molecular weight is 308 g/mol. The largest absolute Gasteiger partial charge is 0.486 e. The van der Waals surface area contributed by atoms with Crippen LogP contribution in [0.15, 0.2) is 24.3 Å². The van der Waals surface area contributed by atoms with Crippen molar-refractivity contribution in [3.63, 3.8) is 0 Å². The van der Waals surface area contributed by atoms with E-state index in [9.17, 15) is 14.0 Å². The van der Waals surface area contributed by atoms with Crippen molar-refractivity contribution >= 4 is 11.8 Å². The van der Waals surface area contributed by atoms with E-state index < -0.39 is 5.82 Å². The summed E-state index contributed by atoms with van der Waals surface area (Å²) in [6.07, 6.45) is 0.571. The van der Waals surface area contributed by atoms with Gasteiger partial charge in [0.15, 0.2) is 11.6 Å². The van der Waals surface area contributed by atoms with E-state index in [-0.39, 0.29) is 42.6 Å². The van der Waals surface area contributed by atoms with E-state index in [2.05, 4.69) is 5.32 Å². The highest BCUT2D eigenvalue weighted by Gasteiger charge is 2.32. The Balaban J connectivity index is 1.85. The first-order chi connectivity index (χ1) is 10.5. The number of halogens is 1. The lowest BCUT2D eigenvalue weighted by atomic mass is 10.1. The molecule has 0 saturated carbocycles. The Morgan fingerprint density at radius 2 is 2.23 bits per heavy atom. The molecule has 2 rings (SSSR count). The van der Waals surface area contributed by atoms with Crippen LogP contribution in [0.2, 0.25) is 0 Å². The molecule has 2 atom stereocenters. The van der Waals surface area contributed by atoms with Crippen molar-refractivity contribution in [3.8, 4) is 5.75 Å². The molecule has 1 heterocycles. The molecule has 1 aromatic carbocycles. The third-order valence-corrected chi connectivity index (χ3v) is 3.80. The van der Waals surface area contributed by atoms with Crippen molar-refractivity contribution in [2.24, 2.45) is 5.92 Å². The molecular weight excluding hydrogens is 287 g/mol. The summed E-state index contributed by atoms with van der Waals surface area (Å²) in [7, 11) is 1.69. The minimum absolute atomic E-state index is 0.0187. The predicted molar refractivity (Wildman–Crippen MR) is 79.9 cm³/mol. The Labute approximate surface area is 129 Å². The monoisotopic (exact) mass is 308 g/mol. The first-order valence-corrected chi connectivity index (χ1v) is 7.44. The number of carbonyl (C=O) groups excluding carboxylic acids is 2. The summed E-state index contributed by atoms with van der Waals surface area (Å²) in [6, 6.07) is 6.19. The van der Waals surface area contributed by atoms with Gasteiger partial charge >= 0.3 is 0 Å². The maximum absolute atomic E-state index is 13.6. The highest BCUT2D eigenvalue weighted by Crippen LogP contribution is 2.18. The lowest BCUT2D eigenvalue weighted by Crippen LogP contribution is -2.39. The van der Waals surface area contributed by atoms with E-state index in [0.717, 1.165) is 0 Å². The molecule has 22 heavy (non-hydrogen) atoms. The van der Waals surface area contributed by atoms with Crippen molar-refractivity contribution in [2.45, 2.75) is 25.9 Å². The summed E-state index contributed by atoms with van der Waals surface area (Å²) >= 11 is 0. The fraction of sp³-hybridized carbons (Fsp3) is 0.500. The molecule has 0 aliphatic carbocycles. The van der Waals surface area contributed by atoms with Gasteiger partial charge in [-0.2, -0.15) is 0 Å². The Morgan fingerprint density at radius 1 is 1.50 bits per heavy atom. The van der Waals surface area contributed by atoms with Gasteiger partial charge in [-0.1, -0.05) is 19.1 Å². The zero-order valence-electron chi connectivity index (χ0n) is 12.8. The van der Waals surface area contributed by atoms with E-state index in [1.807, 2.05) is 6.92 Å². The van der Waals surface area contributed by atoms with Crippen LogP contribution in [0.4, 0.5) is 4.39 Å². The molecule has 2 unspecified atom stereocenters. The van der Waals surface area contributed by atoms with Crippen molar-refractivity contribution in [1.29, 1.82) is 0 Å². The van der Waals surface area contributed by atoms with Gasteiger partial charge in [0.25, 0.3) is 0 Å². The van der Waals surface area contributed by atoms with Gasteiger partial charge < -0.3 is 15.0 Å². The van der Waals surface area contributed by atoms with Crippen LogP contribution < -0.4 is 10.1 Å². The highest BCUT2D eigenvalue weighted by molar-refractivity contribution is 5.89. The number of carbonyl (C=O) groups is 2. The molecule has 1 aliphatic heterocycles. The third kappa shape index (κ3) is 3.96. The molecule has 2 amide bonds. The fourth-order valence-corrected chi connectivity index (χ4v) is 2.39. The van der Waals surface area contributed by atoms with Crippen molar-refractivity contribution in [2.75, 3.05) is 20.1 Å². The second-order valence-corrected chi connectivity index (χ2v) is 5.50. The van der Waals surface area contributed by atoms with Crippen LogP contribution in [0.5, 0.6) is 5.75 Å². The van der Waals surface area contributed by atoms with E-state index in [1.54, 1.807) is 30.1 Å². The van der Waals surface area contributed by atoms with Gasteiger partial charge in [0.05, 0.1) is 12.5 Å². The number of hydrogen-bond donors (Lipinski definition) is 1. The molecule has 1 N–H and O–H groups in total. The summed E-state index contributed by atoms with van der Waals surface area (Å²) in [5.74, 6) is -0.735. The Bertz CT molecular complexity index is 550. The summed E-state index contributed by atoms with van der Waals surface area (Å²) in [6.45, 7) is 2.64. The van der Waals surface area contributed by atoms with Gasteiger partial charge in [-0.25, -0.2) is 4.39 Å². The van der Waals surface area contributed by atoms with E-state index in [4.69, 9.17) is 4.74 Å². The van der Waals surface area contributed by atoms with Gasteiger partial charge in [0.1, 0.15) is 6.10 Å². The number of hydrogen-bond acceptors (Lipinski definition) is 3. The number of nitrogens with zero attached hydrogens (tertiary/aromatic N) is 1. The number of rotatable bonds is 6. The van der Waals surface area contributed by atoms with Gasteiger partial charge in [-0.3, -0.25) is 9.59 Å². The molecule has 6 heteroatoms. The number of likely N-dealkylation sites (tertiary alicyclic amines) is 1. The maximum atomic E-state index is 13.6. The predicted octanol–water partition coefficient (Wildman–Crippen LogP) is 1.58. The van der Waals surface area contributed by atoms with E-state index in [1.165, 1.54) is 6.07 Å². The number of amides is 2. The van der Waals surface area contributed by atoms with Crippen LogP contribution in [-0.2, 0) is 9.59 Å².